The Hall–Kier alpha value is -3.64. The number of anilines is 1. The molecular formula is C27H28N2O4. The highest BCUT2D eigenvalue weighted by Gasteiger charge is 2.31. The quantitative estimate of drug-likeness (QED) is 0.544. The van der Waals surface area contributed by atoms with Crippen LogP contribution in [0.2, 0.25) is 0 Å². The van der Waals surface area contributed by atoms with Gasteiger partial charge in [0.15, 0.2) is 17.3 Å². The van der Waals surface area contributed by atoms with Gasteiger partial charge in [-0.1, -0.05) is 42.5 Å². The van der Waals surface area contributed by atoms with Crippen molar-refractivity contribution in [2.24, 2.45) is 0 Å². The molecule has 1 aliphatic heterocycles. The second-order valence-corrected chi connectivity index (χ2v) is 8.12. The molecule has 3 aromatic rings. The van der Waals surface area contributed by atoms with Gasteiger partial charge in [0.25, 0.3) is 0 Å². The van der Waals surface area contributed by atoms with E-state index >= 15 is 0 Å². The molecule has 1 aliphatic rings. The molecule has 6 heteroatoms. The molecule has 0 aliphatic carbocycles. The van der Waals surface area contributed by atoms with E-state index in [0.29, 0.717) is 22.7 Å². The first kappa shape index (κ1) is 22.6. The molecule has 0 saturated carbocycles. The topological polar surface area (TPSA) is 67.9 Å². The number of ether oxygens (including phenoxy) is 2. The van der Waals surface area contributed by atoms with Gasteiger partial charge < -0.3 is 14.8 Å². The molecule has 0 saturated heterocycles. The maximum atomic E-state index is 13.0. The van der Waals surface area contributed by atoms with Gasteiger partial charge in [-0.05, 0) is 54.3 Å². The number of rotatable bonds is 7. The Morgan fingerprint density at radius 3 is 2.39 bits per heavy atom. The Labute approximate surface area is 194 Å². The summed E-state index contributed by atoms with van der Waals surface area (Å²) >= 11 is 0. The van der Waals surface area contributed by atoms with Crippen molar-refractivity contribution in [3.8, 4) is 11.5 Å². The molecule has 33 heavy (non-hydrogen) atoms. The Balaban J connectivity index is 1.63. The summed E-state index contributed by atoms with van der Waals surface area (Å²) < 4.78 is 11.1. The van der Waals surface area contributed by atoms with Crippen molar-refractivity contribution >= 4 is 17.4 Å². The van der Waals surface area contributed by atoms with E-state index in [4.69, 9.17) is 9.47 Å². The van der Waals surface area contributed by atoms with Crippen LogP contribution in [-0.2, 0) is 11.2 Å². The van der Waals surface area contributed by atoms with Crippen molar-refractivity contribution in [3.63, 3.8) is 0 Å². The smallest absolute Gasteiger partial charge is 0.238 e. The summed E-state index contributed by atoms with van der Waals surface area (Å²) in [6.07, 6.45) is 0.798. The second-order valence-electron chi connectivity index (χ2n) is 8.12. The number of fused-ring (bicyclic) bond motifs is 1. The third kappa shape index (κ3) is 4.91. The number of Topliss-reactive ketones (excluding diaryl/α,β-unsaturated/α-hetero) is 1. The highest BCUT2D eigenvalue weighted by atomic mass is 16.5. The normalized spacial score (nSPS) is 15.4. The molecule has 170 valence electrons. The van der Waals surface area contributed by atoms with E-state index < -0.39 is 0 Å². The van der Waals surface area contributed by atoms with Crippen molar-refractivity contribution in [2.75, 3.05) is 32.6 Å². The first-order chi connectivity index (χ1) is 16.0. The van der Waals surface area contributed by atoms with Gasteiger partial charge in [0.1, 0.15) is 0 Å². The first-order valence-electron chi connectivity index (χ1n) is 10.9. The largest absolute Gasteiger partial charge is 0.493 e. The molecule has 0 radical (unpaired) electrons. The van der Waals surface area contributed by atoms with Crippen molar-refractivity contribution in [3.05, 3.63) is 89.0 Å². The average molecular weight is 445 g/mol. The molecule has 0 aromatic heterocycles. The number of ketones is 1. The predicted molar refractivity (Wildman–Crippen MR) is 128 cm³/mol. The van der Waals surface area contributed by atoms with Crippen LogP contribution < -0.4 is 14.8 Å². The van der Waals surface area contributed by atoms with Gasteiger partial charge in [0.05, 0.1) is 26.8 Å². The fourth-order valence-corrected chi connectivity index (χ4v) is 4.39. The van der Waals surface area contributed by atoms with Crippen LogP contribution in [0.1, 0.15) is 40.0 Å². The summed E-state index contributed by atoms with van der Waals surface area (Å²) in [4.78, 5) is 26.8. The molecule has 1 amide bonds. The molecule has 0 spiro atoms. The van der Waals surface area contributed by atoms with Crippen molar-refractivity contribution in [1.82, 2.24) is 4.90 Å². The molecule has 0 fully saturated rings. The second kappa shape index (κ2) is 9.88. The highest BCUT2D eigenvalue weighted by Crippen LogP contribution is 2.40. The van der Waals surface area contributed by atoms with E-state index in [1.54, 1.807) is 38.5 Å². The maximum Gasteiger partial charge on any atom is 0.238 e. The summed E-state index contributed by atoms with van der Waals surface area (Å²) in [5.41, 5.74) is 4.59. The number of carbonyl (C=O) groups excluding carboxylic acids is 2. The van der Waals surface area contributed by atoms with Crippen LogP contribution >= 0.6 is 0 Å². The van der Waals surface area contributed by atoms with Crippen LogP contribution in [0.3, 0.4) is 0 Å². The van der Waals surface area contributed by atoms with Crippen LogP contribution in [0.5, 0.6) is 11.5 Å². The lowest BCUT2D eigenvalue weighted by Crippen LogP contribution is -2.41. The fourth-order valence-electron chi connectivity index (χ4n) is 4.39. The zero-order valence-corrected chi connectivity index (χ0v) is 19.1. The average Bonchev–Trinajstić information content (AvgIpc) is 2.83. The van der Waals surface area contributed by atoms with Gasteiger partial charge in [-0.3, -0.25) is 14.5 Å². The minimum atomic E-state index is -0.124. The van der Waals surface area contributed by atoms with Gasteiger partial charge in [-0.25, -0.2) is 0 Å². The van der Waals surface area contributed by atoms with Crippen LogP contribution in [-0.4, -0.2) is 43.9 Å². The summed E-state index contributed by atoms with van der Waals surface area (Å²) in [6.45, 7) is 2.46. The third-order valence-electron chi connectivity index (χ3n) is 5.99. The van der Waals surface area contributed by atoms with E-state index in [1.165, 1.54) is 12.5 Å². The van der Waals surface area contributed by atoms with Gasteiger partial charge in [0.2, 0.25) is 5.91 Å². The number of nitrogens with one attached hydrogen (secondary N) is 1. The Bertz CT molecular complexity index is 1160. The van der Waals surface area contributed by atoms with Crippen molar-refractivity contribution in [1.29, 1.82) is 0 Å². The standard InChI is InChI=1S/C27H28N2O4/c1-18(30)20-10-7-11-22(14-20)28-26(31)17-29-13-12-21-15-24(32-2)25(33-3)16-23(21)27(29)19-8-5-4-6-9-19/h4-11,14-16,27H,12-13,17H2,1-3H3,(H,28,31)/t27-/m0/s1. The number of methoxy groups -OCH3 is 2. The zero-order valence-electron chi connectivity index (χ0n) is 19.1. The third-order valence-corrected chi connectivity index (χ3v) is 5.99. The summed E-state index contributed by atoms with van der Waals surface area (Å²) in [7, 11) is 3.27. The van der Waals surface area contributed by atoms with Gasteiger partial charge in [-0.15, -0.1) is 0 Å². The van der Waals surface area contributed by atoms with E-state index in [0.717, 1.165) is 24.1 Å². The summed E-state index contributed by atoms with van der Waals surface area (Å²) in [5.74, 6) is 1.22. The minimum absolute atomic E-state index is 0.0350. The lowest BCUT2D eigenvalue weighted by molar-refractivity contribution is -0.117. The fraction of sp³-hybridized carbons (Fsp3) is 0.259. The lowest BCUT2D eigenvalue weighted by atomic mass is 9.87. The molecule has 4 rings (SSSR count). The molecule has 6 nitrogen and oxygen atoms in total. The maximum absolute atomic E-state index is 13.0. The van der Waals surface area contributed by atoms with Gasteiger partial charge in [0, 0.05) is 17.8 Å². The highest BCUT2D eigenvalue weighted by molar-refractivity contribution is 5.97. The molecular weight excluding hydrogens is 416 g/mol. The number of hydrogen-bond donors (Lipinski definition) is 1. The number of benzene rings is 3. The molecule has 1 atom stereocenters. The SMILES string of the molecule is COc1cc2c(cc1OC)[C@H](c1ccccc1)N(CC(=O)Nc1cccc(C(C)=O)c1)CC2. The van der Waals surface area contributed by atoms with Gasteiger partial charge in [-0.2, -0.15) is 0 Å². The van der Waals surface area contributed by atoms with E-state index in [9.17, 15) is 9.59 Å². The van der Waals surface area contributed by atoms with E-state index in [-0.39, 0.29) is 24.3 Å². The van der Waals surface area contributed by atoms with Crippen LogP contribution in [0.25, 0.3) is 0 Å². The predicted octanol–water partition coefficient (Wildman–Crippen LogP) is 4.49. The van der Waals surface area contributed by atoms with E-state index in [2.05, 4.69) is 22.3 Å². The van der Waals surface area contributed by atoms with Crippen molar-refractivity contribution in [2.45, 2.75) is 19.4 Å². The Kier molecular flexibility index (Phi) is 6.75. The zero-order chi connectivity index (χ0) is 23.4. The van der Waals surface area contributed by atoms with Crippen molar-refractivity contribution < 1.29 is 19.1 Å². The Morgan fingerprint density at radius 1 is 0.970 bits per heavy atom. The van der Waals surface area contributed by atoms with Crippen LogP contribution in [0.4, 0.5) is 5.69 Å². The molecule has 0 bridgehead atoms. The van der Waals surface area contributed by atoms with Gasteiger partial charge >= 0.3 is 0 Å². The first-order valence-corrected chi connectivity index (χ1v) is 10.9. The molecule has 1 N–H and O–H groups in total. The molecule has 3 aromatic carbocycles. The number of hydrogen-bond acceptors (Lipinski definition) is 5. The number of nitrogens with zero attached hydrogens (tertiary/aromatic N) is 1. The molecule has 0 unspecified atom stereocenters. The monoisotopic (exact) mass is 444 g/mol. The Morgan fingerprint density at radius 2 is 1.70 bits per heavy atom. The minimum Gasteiger partial charge on any atom is -0.493 e. The van der Waals surface area contributed by atoms with Crippen LogP contribution in [0, 0.1) is 0 Å². The van der Waals surface area contributed by atoms with E-state index in [1.807, 2.05) is 30.3 Å². The lowest BCUT2D eigenvalue weighted by Gasteiger charge is -2.37. The number of carbonyl (C=O) groups is 2. The summed E-state index contributed by atoms with van der Waals surface area (Å²) in [6, 6.07) is 21.1. The summed E-state index contributed by atoms with van der Waals surface area (Å²) in [5, 5.41) is 2.94. The molecule has 1 heterocycles. The van der Waals surface area contributed by atoms with Crippen LogP contribution in [0.15, 0.2) is 66.7 Å². The number of amides is 1.